The van der Waals surface area contributed by atoms with E-state index in [4.69, 9.17) is 4.37 Å². The number of hydrogen-bond acceptors (Lipinski definition) is 3. The maximum atomic E-state index is 4.83. The second-order valence-corrected chi connectivity index (χ2v) is 16.0. The van der Waals surface area contributed by atoms with Gasteiger partial charge in [-0.1, -0.05) is 224 Å². The van der Waals surface area contributed by atoms with Gasteiger partial charge in [-0.3, -0.25) is 0 Å². The number of benzene rings is 2. The highest BCUT2D eigenvalue weighted by Crippen LogP contribution is 2.55. The van der Waals surface area contributed by atoms with Crippen molar-refractivity contribution in [2.24, 2.45) is 0 Å². The van der Waals surface area contributed by atoms with E-state index in [1.54, 1.807) is 11.1 Å². The van der Waals surface area contributed by atoms with Gasteiger partial charge >= 0.3 is 0 Å². The Balaban J connectivity index is 1.21. The lowest BCUT2D eigenvalue weighted by atomic mass is 9.70. The largest absolute Gasteiger partial charge is 0.173 e. The smallest absolute Gasteiger partial charge is 0.112 e. The van der Waals surface area contributed by atoms with E-state index in [0.29, 0.717) is 0 Å². The molecule has 4 rings (SSSR count). The summed E-state index contributed by atoms with van der Waals surface area (Å²) in [5, 5.41) is 0. The van der Waals surface area contributed by atoms with Gasteiger partial charge in [0.05, 0.1) is 11.7 Å². The minimum atomic E-state index is 0.137. The fraction of sp³-hybridized carbons (Fsp3) is 0.733. The molecule has 1 aromatic heterocycles. The standard InChI is InChI=1S/C45H72N2S/c1-3-5-7-9-11-13-15-17-19-21-23-25-27-31-37-45(38-32-28-26-24-22-20-18-16-14-12-10-8-6-4-2)40-34-30-29-33-39(40)43-41(45)35-36-42-44(43)47-48-46-42/h29-30,33-36H,3-28,31-32,37-38H2,1-2H3. The summed E-state index contributed by atoms with van der Waals surface area (Å²) in [5.41, 5.74) is 8.29. The topological polar surface area (TPSA) is 25.8 Å². The number of fused-ring (bicyclic) bond motifs is 5. The molecule has 0 amide bonds. The lowest BCUT2D eigenvalue weighted by molar-refractivity contribution is 0.397. The molecule has 0 aliphatic heterocycles. The Kier molecular flexibility index (Phi) is 19.2. The number of unbranched alkanes of at least 4 members (excludes halogenated alkanes) is 26. The van der Waals surface area contributed by atoms with E-state index < -0.39 is 0 Å². The molecule has 48 heavy (non-hydrogen) atoms. The Hall–Kier alpha value is -1.74. The summed E-state index contributed by atoms with van der Waals surface area (Å²) in [6.07, 6.45) is 42.3. The van der Waals surface area contributed by atoms with Crippen LogP contribution in [0.3, 0.4) is 0 Å². The highest BCUT2D eigenvalue weighted by atomic mass is 32.1. The minimum Gasteiger partial charge on any atom is -0.173 e. The van der Waals surface area contributed by atoms with Gasteiger partial charge in [0.1, 0.15) is 11.0 Å². The van der Waals surface area contributed by atoms with Gasteiger partial charge < -0.3 is 0 Å². The lowest BCUT2D eigenvalue weighted by Crippen LogP contribution is -2.25. The zero-order valence-corrected chi connectivity index (χ0v) is 32.3. The van der Waals surface area contributed by atoms with Crippen LogP contribution >= 0.6 is 11.7 Å². The first kappa shape index (κ1) is 39.1. The van der Waals surface area contributed by atoms with Crippen LogP contribution in [0.1, 0.15) is 218 Å². The van der Waals surface area contributed by atoms with Crippen LogP contribution in [-0.4, -0.2) is 8.75 Å². The molecule has 0 bridgehead atoms. The molecule has 3 heteroatoms. The van der Waals surface area contributed by atoms with Crippen molar-refractivity contribution in [3.63, 3.8) is 0 Å². The van der Waals surface area contributed by atoms with Crippen molar-refractivity contribution in [2.75, 3.05) is 0 Å². The van der Waals surface area contributed by atoms with Crippen molar-refractivity contribution in [2.45, 2.75) is 212 Å². The van der Waals surface area contributed by atoms with E-state index in [-0.39, 0.29) is 5.41 Å². The van der Waals surface area contributed by atoms with Gasteiger partial charge in [-0.05, 0) is 35.6 Å². The Morgan fingerprint density at radius 2 is 0.854 bits per heavy atom. The fourth-order valence-electron chi connectivity index (χ4n) is 8.69. The second kappa shape index (κ2) is 23.6. The Morgan fingerprint density at radius 1 is 0.438 bits per heavy atom. The molecule has 0 atom stereocenters. The molecule has 0 saturated heterocycles. The monoisotopic (exact) mass is 673 g/mol. The third-order valence-electron chi connectivity index (χ3n) is 11.6. The summed E-state index contributed by atoms with van der Waals surface area (Å²) in [4.78, 5) is 0. The van der Waals surface area contributed by atoms with Gasteiger partial charge in [0, 0.05) is 11.0 Å². The lowest BCUT2D eigenvalue weighted by Gasteiger charge is -2.33. The van der Waals surface area contributed by atoms with Crippen LogP contribution in [0.4, 0.5) is 0 Å². The average Bonchev–Trinajstić information content (AvgIpc) is 3.70. The van der Waals surface area contributed by atoms with Gasteiger partial charge in [0.15, 0.2) is 0 Å². The molecule has 1 aliphatic rings. The van der Waals surface area contributed by atoms with Crippen molar-refractivity contribution in [1.29, 1.82) is 0 Å². The van der Waals surface area contributed by atoms with E-state index in [2.05, 4.69) is 54.6 Å². The van der Waals surface area contributed by atoms with Crippen LogP contribution in [0, 0.1) is 0 Å². The minimum absolute atomic E-state index is 0.137. The summed E-state index contributed by atoms with van der Waals surface area (Å²) in [6.45, 7) is 4.62. The molecular weight excluding hydrogens is 601 g/mol. The van der Waals surface area contributed by atoms with Gasteiger partial charge in [-0.25, -0.2) is 0 Å². The molecule has 0 saturated carbocycles. The number of nitrogens with zero attached hydrogens (tertiary/aromatic N) is 2. The predicted octanol–water partition coefficient (Wildman–Crippen LogP) is 15.7. The highest BCUT2D eigenvalue weighted by Gasteiger charge is 2.43. The van der Waals surface area contributed by atoms with E-state index in [1.807, 2.05) is 0 Å². The summed E-state index contributed by atoms with van der Waals surface area (Å²) in [7, 11) is 0. The summed E-state index contributed by atoms with van der Waals surface area (Å²) >= 11 is 1.37. The maximum absolute atomic E-state index is 4.83. The fourth-order valence-corrected chi connectivity index (χ4v) is 9.24. The second-order valence-electron chi connectivity index (χ2n) is 15.4. The molecule has 2 nitrogen and oxygen atoms in total. The normalized spacial score (nSPS) is 13.4. The first-order valence-corrected chi connectivity index (χ1v) is 21.9. The molecule has 3 aromatic rings. The van der Waals surface area contributed by atoms with Crippen LogP contribution < -0.4 is 0 Å². The molecule has 0 spiro atoms. The van der Waals surface area contributed by atoms with Crippen LogP contribution in [0.25, 0.3) is 22.2 Å². The third kappa shape index (κ3) is 12.2. The Labute approximate surface area is 301 Å². The van der Waals surface area contributed by atoms with Gasteiger partial charge in [-0.2, -0.15) is 8.75 Å². The Bertz CT molecular complexity index is 1210. The average molecular weight is 673 g/mol. The van der Waals surface area contributed by atoms with E-state index in [9.17, 15) is 0 Å². The number of hydrogen-bond donors (Lipinski definition) is 0. The first-order valence-electron chi connectivity index (χ1n) is 21.2. The molecular formula is C45H72N2S. The molecule has 0 unspecified atom stereocenters. The SMILES string of the molecule is CCCCCCCCCCCCCCCCC1(CCCCCCCCCCCCCCCC)c2ccccc2-c2c1ccc1nsnc21. The van der Waals surface area contributed by atoms with E-state index in [1.165, 1.54) is 215 Å². The van der Waals surface area contributed by atoms with Crippen molar-refractivity contribution in [3.8, 4) is 11.1 Å². The van der Waals surface area contributed by atoms with Crippen LogP contribution in [0.2, 0.25) is 0 Å². The first-order chi connectivity index (χ1) is 23.8. The van der Waals surface area contributed by atoms with Gasteiger partial charge in [-0.15, -0.1) is 0 Å². The van der Waals surface area contributed by atoms with Gasteiger partial charge in [0.25, 0.3) is 0 Å². The third-order valence-corrected chi connectivity index (χ3v) is 12.1. The zero-order chi connectivity index (χ0) is 33.5. The van der Waals surface area contributed by atoms with Crippen molar-refractivity contribution in [3.05, 3.63) is 47.5 Å². The van der Waals surface area contributed by atoms with E-state index in [0.717, 1.165) is 11.0 Å². The van der Waals surface area contributed by atoms with Gasteiger partial charge in [0.2, 0.25) is 0 Å². The van der Waals surface area contributed by atoms with Crippen LogP contribution in [0.15, 0.2) is 36.4 Å². The zero-order valence-electron chi connectivity index (χ0n) is 31.5. The number of rotatable bonds is 30. The molecule has 2 aromatic carbocycles. The molecule has 1 aliphatic carbocycles. The Morgan fingerprint density at radius 3 is 1.31 bits per heavy atom. The molecule has 1 heterocycles. The quantitative estimate of drug-likeness (QED) is 0.0659. The molecule has 268 valence electrons. The molecule has 0 N–H and O–H groups in total. The molecule has 0 fully saturated rings. The molecule has 0 radical (unpaired) electrons. The van der Waals surface area contributed by atoms with Crippen LogP contribution in [0.5, 0.6) is 0 Å². The highest BCUT2D eigenvalue weighted by molar-refractivity contribution is 7.00. The van der Waals surface area contributed by atoms with Crippen LogP contribution in [-0.2, 0) is 5.41 Å². The van der Waals surface area contributed by atoms with Crippen molar-refractivity contribution in [1.82, 2.24) is 8.75 Å². The summed E-state index contributed by atoms with van der Waals surface area (Å²) in [5.74, 6) is 0. The van der Waals surface area contributed by atoms with Crippen molar-refractivity contribution >= 4 is 22.8 Å². The summed E-state index contributed by atoms with van der Waals surface area (Å²) < 4.78 is 9.46. The van der Waals surface area contributed by atoms with E-state index >= 15 is 0 Å². The maximum Gasteiger partial charge on any atom is 0.112 e. The van der Waals surface area contributed by atoms with Crippen molar-refractivity contribution < 1.29 is 0 Å². The number of aromatic nitrogens is 2. The summed E-state index contributed by atoms with van der Waals surface area (Å²) in [6, 6.07) is 14.0. The predicted molar refractivity (Wildman–Crippen MR) is 213 cm³/mol.